The van der Waals surface area contributed by atoms with E-state index < -0.39 is 0 Å². The number of nitrogens with one attached hydrogen (secondary N) is 1. The van der Waals surface area contributed by atoms with Crippen LogP contribution in [0.1, 0.15) is 51.6 Å². The van der Waals surface area contributed by atoms with Crippen molar-refractivity contribution < 1.29 is 4.39 Å². The zero-order valence-electron chi connectivity index (χ0n) is 13.6. The molecule has 2 rings (SSSR count). The number of hydrogen-bond acceptors (Lipinski definition) is 2. The Balaban J connectivity index is 1.84. The van der Waals surface area contributed by atoms with Crippen LogP contribution in [-0.4, -0.2) is 30.6 Å². The molecule has 0 radical (unpaired) electrons. The molecular weight excluding hydrogens is 263 g/mol. The second kappa shape index (κ2) is 7.90. The largest absolute Gasteiger partial charge is 0.307 e. The van der Waals surface area contributed by atoms with Gasteiger partial charge in [0.2, 0.25) is 0 Å². The molecule has 0 saturated carbocycles. The molecule has 0 spiro atoms. The molecule has 0 bridgehead atoms. The number of likely N-dealkylation sites (tertiary alicyclic amines) is 1. The molecule has 21 heavy (non-hydrogen) atoms. The minimum atomic E-state index is -0.109. The van der Waals surface area contributed by atoms with Crippen molar-refractivity contribution in [2.75, 3.05) is 19.6 Å². The third-order valence-corrected chi connectivity index (χ3v) is 4.76. The van der Waals surface area contributed by atoms with Crippen LogP contribution in [0.2, 0.25) is 0 Å². The highest BCUT2D eigenvalue weighted by Crippen LogP contribution is 2.24. The number of rotatable bonds is 6. The summed E-state index contributed by atoms with van der Waals surface area (Å²) in [5.74, 6) is 0.592. The van der Waals surface area contributed by atoms with Crippen LogP contribution in [0.5, 0.6) is 0 Å². The van der Waals surface area contributed by atoms with E-state index in [1.807, 2.05) is 12.1 Å². The lowest BCUT2D eigenvalue weighted by molar-refractivity contribution is 0.159. The summed E-state index contributed by atoms with van der Waals surface area (Å²) in [4.78, 5) is 2.56. The zero-order valence-corrected chi connectivity index (χ0v) is 13.6. The third kappa shape index (κ3) is 4.52. The Morgan fingerprint density at radius 2 is 1.90 bits per heavy atom. The van der Waals surface area contributed by atoms with Crippen LogP contribution < -0.4 is 5.32 Å². The van der Waals surface area contributed by atoms with Crippen LogP contribution in [0, 0.1) is 11.7 Å². The fourth-order valence-corrected chi connectivity index (χ4v) is 3.44. The molecule has 118 valence electrons. The molecule has 1 heterocycles. The lowest BCUT2D eigenvalue weighted by atomic mass is 9.89. The van der Waals surface area contributed by atoms with Gasteiger partial charge in [0.25, 0.3) is 0 Å². The fourth-order valence-electron chi connectivity index (χ4n) is 3.44. The van der Waals surface area contributed by atoms with E-state index in [9.17, 15) is 4.39 Å². The predicted molar refractivity (Wildman–Crippen MR) is 86.9 cm³/mol. The Bertz CT molecular complexity index is 427. The monoisotopic (exact) mass is 292 g/mol. The number of nitrogens with zero attached hydrogens (tertiary/aromatic N) is 1. The summed E-state index contributed by atoms with van der Waals surface area (Å²) >= 11 is 0. The molecule has 1 aromatic rings. The van der Waals surface area contributed by atoms with Crippen LogP contribution >= 0.6 is 0 Å². The second-order valence-electron chi connectivity index (χ2n) is 6.38. The van der Waals surface area contributed by atoms with Gasteiger partial charge in [-0.2, -0.15) is 0 Å². The van der Waals surface area contributed by atoms with Gasteiger partial charge in [0.15, 0.2) is 0 Å². The maximum Gasteiger partial charge on any atom is 0.127 e. The van der Waals surface area contributed by atoms with Crippen LogP contribution in [0.25, 0.3) is 0 Å². The molecule has 2 nitrogen and oxygen atoms in total. The molecule has 1 saturated heterocycles. The zero-order chi connectivity index (χ0) is 15.2. The Labute approximate surface area is 128 Å². The highest BCUT2D eigenvalue weighted by Gasteiger charge is 2.24. The maximum atomic E-state index is 13.8. The summed E-state index contributed by atoms with van der Waals surface area (Å²) in [7, 11) is 0. The van der Waals surface area contributed by atoms with E-state index in [0.717, 1.165) is 5.56 Å². The van der Waals surface area contributed by atoms with Gasteiger partial charge in [0.05, 0.1) is 0 Å². The molecule has 1 unspecified atom stereocenters. The van der Waals surface area contributed by atoms with E-state index >= 15 is 0 Å². The van der Waals surface area contributed by atoms with Gasteiger partial charge in [-0.05, 0) is 64.7 Å². The molecule has 1 N–H and O–H groups in total. The average Bonchev–Trinajstić information content (AvgIpc) is 2.48. The first kappa shape index (κ1) is 16.4. The van der Waals surface area contributed by atoms with Crippen molar-refractivity contribution in [2.45, 2.75) is 52.1 Å². The van der Waals surface area contributed by atoms with E-state index in [2.05, 4.69) is 31.0 Å². The molecule has 3 heteroatoms. The summed E-state index contributed by atoms with van der Waals surface area (Å²) in [5.41, 5.74) is 0.771. The van der Waals surface area contributed by atoms with Gasteiger partial charge in [-0.25, -0.2) is 4.39 Å². The number of hydrogen-bond donors (Lipinski definition) is 1. The quantitative estimate of drug-likeness (QED) is 0.853. The van der Waals surface area contributed by atoms with Crippen molar-refractivity contribution >= 4 is 0 Å². The van der Waals surface area contributed by atoms with Gasteiger partial charge in [-0.1, -0.05) is 25.1 Å². The van der Waals surface area contributed by atoms with Crippen LogP contribution in [-0.2, 0) is 0 Å². The van der Waals surface area contributed by atoms with E-state index in [0.29, 0.717) is 12.0 Å². The van der Waals surface area contributed by atoms with Gasteiger partial charge in [0, 0.05) is 17.6 Å². The smallest absolute Gasteiger partial charge is 0.127 e. The van der Waals surface area contributed by atoms with Crippen molar-refractivity contribution in [1.29, 1.82) is 0 Å². The SMILES string of the molecule is CCCN1CCC(C(C)N[C@H](C)c2ccccc2F)CC1. The topological polar surface area (TPSA) is 15.3 Å². The van der Waals surface area contributed by atoms with E-state index in [1.54, 1.807) is 12.1 Å². The van der Waals surface area contributed by atoms with Gasteiger partial charge in [-0.15, -0.1) is 0 Å². The molecule has 1 aliphatic rings. The van der Waals surface area contributed by atoms with E-state index in [4.69, 9.17) is 0 Å². The summed E-state index contributed by atoms with van der Waals surface area (Å²) in [5, 5.41) is 3.59. The fraction of sp³-hybridized carbons (Fsp3) is 0.667. The van der Waals surface area contributed by atoms with Gasteiger partial charge in [-0.3, -0.25) is 0 Å². The minimum Gasteiger partial charge on any atom is -0.307 e. The normalized spacial score (nSPS) is 20.4. The maximum absolute atomic E-state index is 13.8. The molecular formula is C18H29FN2. The average molecular weight is 292 g/mol. The minimum absolute atomic E-state index is 0.0647. The second-order valence-corrected chi connectivity index (χ2v) is 6.38. The number of halogens is 1. The molecule has 0 aromatic heterocycles. The molecule has 1 aromatic carbocycles. The standard InChI is InChI=1S/C18H29FN2/c1-4-11-21-12-9-16(10-13-21)14(2)20-15(3)17-7-5-6-8-18(17)19/h5-8,14-16,20H,4,9-13H2,1-3H3/t14?,15-/m1/s1. The van der Waals surface area contributed by atoms with E-state index in [1.165, 1.54) is 38.9 Å². The first-order chi connectivity index (χ1) is 10.1. The predicted octanol–water partition coefficient (Wildman–Crippen LogP) is 3.99. The van der Waals surface area contributed by atoms with Crippen LogP contribution in [0.3, 0.4) is 0 Å². The molecule has 0 aliphatic carbocycles. The summed E-state index contributed by atoms with van der Waals surface area (Å²) in [6, 6.07) is 7.58. The summed E-state index contributed by atoms with van der Waals surface area (Å²) in [6.07, 6.45) is 3.74. The number of piperidine rings is 1. The molecule has 1 aliphatic heterocycles. The van der Waals surface area contributed by atoms with Crippen molar-refractivity contribution in [2.24, 2.45) is 5.92 Å². The lowest BCUT2D eigenvalue weighted by Gasteiger charge is -2.36. The van der Waals surface area contributed by atoms with Crippen molar-refractivity contribution in [1.82, 2.24) is 10.2 Å². The van der Waals surface area contributed by atoms with Crippen molar-refractivity contribution in [3.05, 3.63) is 35.6 Å². The lowest BCUT2D eigenvalue weighted by Crippen LogP contribution is -2.42. The Kier molecular flexibility index (Phi) is 6.19. The third-order valence-electron chi connectivity index (χ3n) is 4.76. The van der Waals surface area contributed by atoms with E-state index in [-0.39, 0.29) is 11.9 Å². The van der Waals surface area contributed by atoms with Crippen molar-refractivity contribution in [3.8, 4) is 0 Å². The molecule has 2 atom stereocenters. The molecule has 1 fully saturated rings. The highest BCUT2D eigenvalue weighted by molar-refractivity contribution is 5.20. The summed E-state index contributed by atoms with van der Waals surface area (Å²) in [6.45, 7) is 10.2. The Hall–Kier alpha value is -0.930. The van der Waals surface area contributed by atoms with Crippen LogP contribution in [0.4, 0.5) is 4.39 Å². The van der Waals surface area contributed by atoms with Crippen molar-refractivity contribution in [3.63, 3.8) is 0 Å². The molecule has 0 amide bonds. The first-order valence-corrected chi connectivity index (χ1v) is 8.34. The van der Waals surface area contributed by atoms with Gasteiger partial charge in [0.1, 0.15) is 5.82 Å². The first-order valence-electron chi connectivity index (χ1n) is 8.34. The summed E-state index contributed by atoms with van der Waals surface area (Å²) < 4.78 is 13.8. The Morgan fingerprint density at radius 1 is 1.24 bits per heavy atom. The van der Waals surface area contributed by atoms with Gasteiger partial charge >= 0.3 is 0 Å². The highest BCUT2D eigenvalue weighted by atomic mass is 19.1. The van der Waals surface area contributed by atoms with Gasteiger partial charge < -0.3 is 10.2 Å². The Morgan fingerprint density at radius 3 is 2.52 bits per heavy atom. The van der Waals surface area contributed by atoms with Crippen LogP contribution in [0.15, 0.2) is 24.3 Å². The number of benzene rings is 1.